The first-order valence-electron chi connectivity index (χ1n) is 8.79. The third-order valence-corrected chi connectivity index (χ3v) is 5.33. The Balaban J connectivity index is 0.000000423. The molecule has 0 atom stereocenters. The van der Waals surface area contributed by atoms with Crippen molar-refractivity contribution in [1.29, 1.82) is 0 Å². The molecule has 0 aliphatic carbocycles. The number of pyridine rings is 1. The van der Waals surface area contributed by atoms with E-state index in [9.17, 15) is 18.0 Å². The van der Waals surface area contributed by atoms with Crippen LogP contribution in [0.3, 0.4) is 0 Å². The van der Waals surface area contributed by atoms with E-state index in [1.54, 1.807) is 17.5 Å². The number of carbonyl (C=O) groups is 2. The lowest BCUT2D eigenvalue weighted by molar-refractivity contribution is -0.192. The lowest BCUT2D eigenvalue weighted by Crippen LogP contribution is -2.27. The van der Waals surface area contributed by atoms with Crippen molar-refractivity contribution >= 4 is 35.0 Å². The summed E-state index contributed by atoms with van der Waals surface area (Å²) in [6.07, 6.45) is -2.58. The highest BCUT2D eigenvalue weighted by atomic mass is 32.2. The van der Waals surface area contributed by atoms with Gasteiger partial charge < -0.3 is 14.9 Å². The number of nitrogens with zero attached hydrogens (tertiary/aromatic N) is 2. The van der Waals surface area contributed by atoms with Gasteiger partial charge in [-0.05, 0) is 23.6 Å². The maximum Gasteiger partial charge on any atom is 0.490 e. The number of hydrogen-bond acceptors (Lipinski definition) is 7. The van der Waals surface area contributed by atoms with E-state index in [0.29, 0.717) is 18.1 Å². The zero-order valence-corrected chi connectivity index (χ0v) is 17.6. The number of carbonyl (C=O) groups excluding carboxylic acids is 1. The fourth-order valence-electron chi connectivity index (χ4n) is 2.09. The first-order chi connectivity index (χ1) is 14.8. The van der Waals surface area contributed by atoms with Gasteiger partial charge in [-0.15, -0.1) is 23.1 Å². The van der Waals surface area contributed by atoms with E-state index in [0.717, 1.165) is 28.4 Å². The van der Waals surface area contributed by atoms with Gasteiger partial charge in [0.25, 0.3) is 0 Å². The van der Waals surface area contributed by atoms with E-state index in [2.05, 4.69) is 15.5 Å². The monoisotopic (exact) mass is 473 g/mol. The summed E-state index contributed by atoms with van der Waals surface area (Å²) in [6, 6.07) is 11.7. The zero-order chi connectivity index (χ0) is 22.7. The molecule has 0 spiro atoms. The first-order valence-corrected chi connectivity index (χ1v) is 10.8. The van der Waals surface area contributed by atoms with Gasteiger partial charge in [-0.25, -0.2) is 4.79 Å². The number of hydrogen-bond donors (Lipinski definition) is 2. The van der Waals surface area contributed by atoms with Crippen molar-refractivity contribution in [3.8, 4) is 10.6 Å². The van der Waals surface area contributed by atoms with E-state index in [4.69, 9.17) is 14.4 Å². The Kier molecular flexibility index (Phi) is 9.53. The fraction of sp³-hybridized carbons (Fsp3) is 0.263. The fourth-order valence-corrected chi connectivity index (χ4v) is 3.50. The maximum absolute atomic E-state index is 11.8. The Labute approximate surface area is 183 Å². The molecule has 12 heteroatoms. The molecular weight excluding hydrogens is 455 g/mol. The number of carboxylic acids is 1. The van der Waals surface area contributed by atoms with Crippen molar-refractivity contribution in [2.75, 3.05) is 12.3 Å². The molecule has 0 aromatic carbocycles. The van der Waals surface area contributed by atoms with Crippen LogP contribution in [0.25, 0.3) is 10.6 Å². The molecule has 0 bridgehead atoms. The lowest BCUT2D eigenvalue weighted by atomic mass is 10.3. The minimum Gasteiger partial charge on any atom is -0.475 e. The summed E-state index contributed by atoms with van der Waals surface area (Å²) in [7, 11) is 0. The molecule has 0 unspecified atom stereocenters. The topological polar surface area (TPSA) is 105 Å². The quantitative estimate of drug-likeness (QED) is 0.509. The van der Waals surface area contributed by atoms with Gasteiger partial charge in [-0.2, -0.15) is 13.2 Å². The Morgan fingerprint density at radius 3 is 2.58 bits per heavy atom. The molecule has 0 saturated carbocycles. The van der Waals surface area contributed by atoms with Crippen molar-refractivity contribution < 1.29 is 32.4 Å². The Morgan fingerprint density at radius 1 is 1.19 bits per heavy atom. The standard InChI is InChI=1S/C17H17N3O2S2.C2HF3O2/c21-17(19-8-6-13-4-1-2-7-18-13)12-23-11-14-10-15(22-20-14)16-5-3-9-24-16;3-2(4,5)1(6)7/h1-5,7,9-10H,6,8,11-12H2,(H,19,21);(H,6,7). The Hall–Kier alpha value is -2.86. The van der Waals surface area contributed by atoms with Crippen LogP contribution in [0, 0.1) is 0 Å². The van der Waals surface area contributed by atoms with Gasteiger partial charge in [0.1, 0.15) is 0 Å². The summed E-state index contributed by atoms with van der Waals surface area (Å²) < 4.78 is 37.1. The number of rotatable bonds is 8. The number of halogens is 3. The summed E-state index contributed by atoms with van der Waals surface area (Å²) in [6.45, 7) is 0.600. The number of carboxylic acid groups (broad SMARTS) is 1. The molecule has 0 aliphatic heterocycles. The number of aromatic nitrogens is 2. The zero-order valence-electron chi connectivity index (χ0n) is 16.0. The number of amides is 1. The van der Waals surface area contributed by atoms with Crippen molar-refractivity contribution in [1.82, 2.24) is 15.5 Å². The van der Waals surface area contributed by atoms with Crippen molar-refractivity contribution in [3.05, 3.63) is 59.4 Å². The van der Waals surface area contributed by atoms with Crippen molar-refractivity contribution in [2.24, 2.45) is 0 Å². The van der Waals surface area contributed by atoms with Crippen LogP contribution in [-0.2, 0) is 21.8 Å². The Bertz CT molecular complexity index is 948. The van der Waals surface area contributed by atoms with Crippen LogP contribution < -0.4 is 5.32 Å². The minimum absolute atomic E-state index is 0.0258. The smallest absolute Gasteiger partial charge is 0.475 e. The van der Waals surface area contributed by atoms with Crippen molar-refractivity contribution in [2.45, 2.75) is 18.3 Å². The molecule has 7 nitrogen and oxygen atoms in total. The summed E-state index contributed by atoms with van der Waals surface area (Å²) in [5, 5.41) is 16.1. The second-order valence-electron chi connectivity index (χ2n) is 5.88. The van der Waals surface area contributed by atoms with Crippen LogP contribution in [0.1, 0.15) is 11.4 Å². The van der Waals surface area contributed by atoms with Crippen molar-refractivity contribution in [3.63, 3.8) is 0 Å². The second kappa shape index (κ2) is 12.1. The highest BCUT2D eigenvalue weighted by Gasteiger charge is 2.38. The molecular formula is C19H18F3N3O4S2. The predicted molar refractivity (Wildman–Crippen MR) is 111 cm³/mol. The first kappa shape index (κ1) is 24.4. The van der Waals surface area contributed by atoms with Gasteiger partial charge in [0.2, 0.25) is 5.91 Å². The van der Waals surface area contributed by atoms with Gasteiger partial charge in [-0.3, -0.25) is 9.78 Å². The van der Waals surface area contributed by atoms with Gasteiger partial charge in [-0.1, -0.05) is 17.3 Å². The third kappa shape index (κ3) is 9.22. The van der Waals surface area contributed by atoms with E-state index in [-0.39, 0.29) is 5.91 Å². The van der Waals surface area contributed by atoms with Crippen LogP contribution in [-0.4, -0.2) is 45.6 Å². The highest BCUT2D eigenvalue weighted by molar-refractivity contribution is 7.99. The normalized spacial score (nSPS) is 10.8. The number of aliphatic carboxylic acids is 1. The average Bonchev–Trinajstić information content (AvgIpc) is 3.40. The molecule has 1 amide bonds. The number of thiophene rings is 1. The van der Waals surface area contributed by atoms with E-state index in [1.807, 2.05) is 41.8 Å². The summed E-state index contributed by atoms with van der Waals surface area (Å²) in [5.41, 5.74) is 1.83. The lowest BCUT2D eigenvalue weighted by Gasteiger charge is -2.04. The largest absolute Gasteiger partial charge is 0.490 e. The molecule has 166 valence electrons. The summed E-state index contributed by atoms with van der Waals surface area (Å²) in [5.74, 6) is -0.891. The van der Waals surface area contributed by atoms with Crippen LogP contribution >= 0.6 is 23.1 Å². The van der Waals surface area contributed by atoms with E-state index < -0.39 is 12.1 Å². The van der Waals surface area contributed by atoms with Crippen LogP contribution in [0.5, 0.6) is 0 Å². The molecule has 0 aliphatic rings. The Morgan fingerprint density at radius 2 is 1.97 bits per heavy atom. The molecule has 31 heavy (non-hydrogen) atoms. The second-order valence-corrected chi connectivity index (χ2v) is 7.81. The molecule has 3 aromatic heterocycles. The molecule has 0 saturated heterocycles. The summed E-state index contributed by atoms with van der Waals surface area (Å²) >= 11 is 3.14. The number of thioether (sulfide) groups is 1. The number of alkyl halides is 3. The molecule has 3 rings (SSSR count). The van der Waals surface area contributed by atoms with Crippen LogP contribution in [0.2, 0.25) is 0 Å². The molecule has 3 aromatic rings. The highest BCUT2D eigenvalue weighted by Crippen LogP contribution is 2.26. The minimum atomic E-state index is -5.08. The molecule has 0 fully saturated rings. The summed E-state index contributed by atoms with van der Waals surface area (Å²) in [4.78, 5) is 26.0. The van der Waals surface area contributed by atoms with Gasteiger partial charge in [0.05, 0.1) is 16.3 Å². The molecule has 3 heterocycles. The van der Waals surface area contributed by atoms with Gasteiger partial charge in [0.15, 0.2) is 5.76 Å². The molecule has 0 radical (unpaired) electrons. The van der Waals surface area contributed by atoms with Gasteiger partial charge in [0, 0.05) is 36.7 Å². The SMILES string of the molecule is O=C(CSCc1cc(-c2cccs2)on1)NCCc1ccccn1.O=C(O)C(F)(F)F. The van der Waals surface area contributed by atoms with Gasteiger partial charge >= 0.3 is 12.1 Å². The molecule has 2 N–H and O–H groups in total. The van der Waals surface area contributed by atoms with Crippen LogP contribution in [0.4, 0.5) is 13.2 Å². The van der Waals surface area contributed by atoms with E-state index in [1.165, 1.54) is 11.8 Å². The number of nitrogens with one attached hydrogen (secondary N) is 1. The van der Waals surface area contributed by atoms with E-state index >= 15 is 0 Å². The average molecular weight is 473 g/mol. The van der Waals surface area contributed by atoms with Crippen LogP contribution in [0.15, 0.2) is 52.5 Å². The maximum atomic E-state index is 11.8. The predicted octanol–water partition coefficient (Wildman–Crippen LogP) is 4.02. The third-order valence-electron chi connectivity index (χ3n) is 3.48.